The number of para-hydroxylation sites is 1. The molecule has 2 heterocycles. The van der Waals surface area contributed by atoms with Crippen LogP contribution in [0.1, 0.15) is 37.7 Å². The first-order valence-corrected chi connectivity index (χ1v) is 9.65. The zero-order valence-corrected chi connectivity index (χ0v) is 15.1. The van der Waals surface area contributed by atoms with E-state index in [9.17, 15) is 4.79 Å². The van der Waals surface area contributed by atoms with E-state index in [4.69, 9.17) is 0 Å². The number of fused-ring (bicyclic) bond motifs is 2. The smallest absolute Gasteiger partial charge is 0.228 e. The summed E-state index contributed by atoms with van der Waals surface area (Å²) in [5.41, 5.74) is 2.85. The van der Waals surface area contributed by atoms with E-state index >= 15 is 0 Å². The maximum absolute atomic E-state index is 12.9. The summed E-state index contributed by atoms with van der Waals surface area (Å²) in [7, 11) is 0. The van der Waals surface area contributed by atoms with E-state index in [-0.39, 0.29) is 17.8 Å². The van der Waals surface area contributed by atoms with E-state index in [1.54, 1.807) is 0 Å². The lowest BCUT2D eigenvalue weighted by Crippen LogP contribution is -2.43. The van der Waals surface area contributed by atoms with Crippen LogP contribution in [0.3, 0.4) is 0 Å². The Labute approximate surface area is 149 Å². The third-order valence-corrected chi connectivity index (χ3v) is 6.64. The van der Waals surface area contributed by atoms with E-state index in [1.165, 1.54) is 42.7 Å². The summed E-state index contributed by atoms with van der Waals surface area (Å²) in [6.07, 6.45) is 5.72. The van der Waals surface area contributed by atoms with Gasteiger partial charge in [-0.05, 0) is 24.5 Å². The minimum absolute atomic E-state index is 0. The zero-order chi connectivity index (χ0) is 15.0. The average molecular weight is 353 g/mol. The van der Waals surface area contributed by atoms with Crippen LogP contribution in [-0.2, 0) is 10.2 Å². The minimum atomic E-state index is 0. The number of amides is 1. The number of hydrogen-bond donors (Lipinski definition) is 1. The van der Waals surface area contributed by atoms with Gasteiger partial charge >= 0.3 is 0 Å². The van der Waals surface area contributed by atoms with Crippen LogP contribution in [0.4, 0.5) is 5.69 Å². The van der Waals surface area contributed by atoms with Gasteiger partial charge in [0.1, 0.15) is 0 Å². The van der Waals surface area contributed by atoms with Gasteiger partial charge in [0.25, 0.3) is 0 Å². The monoisotopic (exact) mass is 352 g/mol. The molecule has 1 unspecified atom stereocenters. The van der Waals surface area contributed by atoms with E-state index in [0.29, 0.717) is 18.4 Å². The van der Waals surface area contributed by atoms with Gasteiger partial charge in [0.2, 0.25) is 5.91 Å². The number of nitrogens with zero attached hydrogens (tertiary/aromatic N) is 1. The van der Waals surface area contributed by atoms with Gasteiger partial charge in [0.05, 0.1) is 0 Å². The van der Waals surface area contributed by atoms with Crippen LogP contribution in [0.2, 0.25) is 0 Å². The molecule has 2 fully saturated rings. The molecular weight excluding hydrogens is 328 g/mol. The molecule has 0 bridgehead atoms. The first kappa shape index (κ1) is 17.1. The van der Waals surface area contributed by atoms with Gasteiger partial charge in [-0.3, -0.25) is 4.79 Å². The predicted octanol–water partition coefficient (Wildman–Crippen LogP) is 3.36. The molecule has 4 rings (SSSR count). The number of hydrogen-bond acceptors (Lipinski definition) is 3. The van der Waals surface area contributed by atoms with Gasteiger partial charge in [-0.15, -0.1) is 12.4 Å². The highest BCUT2D eigenvalue weighted by atomic mass is 35.5. The summed E-state index contributed by atoms with van der Waals surface area (Å²) >= 11 is 1.96. The van der Waals surface area contributed by atoms with Crippen LogP contribution in [0.25, 0.3) is 0 Å². The molecule has 1 N–H and O–H groups in total. The van der Waals surface area contributed by atoms with Gasteiger partial charge < -0.3 is 10.2 Å². The molecule has 3 nitrogen and oxygen atoms in total. The Morgan fingerprint density at radius 2 is 2.09 bits per heavy atom. The molecule has 1 spiro atoms. The van der Waals surface area contributed by atoms with Crippen molar-refractivity contribution in [2.75, 3.05) is 29.5 Å². The minimum Gasteiger partial charge on any atom is -0.312 e. The maximum Gasteiger partial charge on any atom is 0.228 e. The summed E-state index contributed by atoms with van der Waals surface area (Å²) in [6, 6.07) is 8.94. The normalized spacial score (nSPS) is 25.2. The molecule has 1 aromatic carbocycles. The fourth-order valence-electron chi connectivity index (χ4n) is 4.40. The third kappa shape index (κ3) is 3.13. The Morgan fingerprint density at radius 1 is 1.30 bits per heavy atom. The molecule has 1 aliphatic carbocycles. The molecule has 1 saturated heterocycles. The summed E-state index contributed by atoms with van der Waals surface area (Å²) in [6.45, 7) is 1.94. The Kier molecular flexibility index (Phi) is 5.24. The first-order chi connectivity index (χ1) is 10.8. The number of benzene rings is 1. The number of halogens is 1. The molecule has 23 heavy (non-hydrogen) atoms. The van der Waals surface area contributed by atoms with Gasteiger partial charge in [0, 0.05) is 48.2 Å². The zero-order valence-electron chi connectivity index (χ0n) is 13.4. The molecule has 3 aliphatic rings. The van der Waals surface area contributed by atoms with Crippen molar-refractivity contribution in [3.05, 3.63) is 29.8 Å². The van der Waals surface area contributed by atoms with Crippen molar-refractivity contribution in [2.24, 2.45) is 0 Å². The van der Waals surface area contributed by atoms with Crippen molar-refractivity contribution in [1.29, 1.82) is 0 Å². The SMILES string of the molecule is Cl.O=C(CC1CSCCN1)N1CC2(CCCC2)c2ccccc21. The largest absolute Gasteiger partial charge is 0.312 e. The summed E-state index contributed by atoms with van der Waals surface area (Å²) in [5, 5.41) is 3.49. The van der Waals surface area contributed by atoms with Gasteiger partial charge in [-0.1, -0.05) is 31.0 Å². The highest BCUT2D eigenvalue weighted by Crippen LogP contribution is 2.50. The number of carbonyl (C=O) groups is 1. The van der Waals surface area contributed by atoms with Crippen molar-refractivity contribution in [3.8, 4) is 0 Å². The van der Waals surface area contributed by atoms with Crippen molar-refractivity contribution in [2.45, 2.75) is 43.6 Å². The molecule has 1 aromatic rings. The fourth-order valence-corrected chi connectivity index (χ4v) is 5.35. The molecule has 2 aliphatic heterocycles. The lowest BCUT2D eigenvalue weighted by atomic mass is 9.81. The Bertz CT molecular complexity index is 568. The first-order valence-electron chi connectivity index (χ1n) is 8.50. The quantitative estimate of drug-likeness (QED) is 0.885. The predicted molar refractivity (Wildman–Crippen MR) is 99.9 cm³/mol. The molecule has 1 saturated carbocycles. The highest BCUT2D eigenvalue weighted by molar-refractivity contribution is 7.99. The van der Waals surface area contributed by atoms with E-state index in [0.717, 1.165) is 18.8 Å². The van der Waals surface area contributed by atoms with Crippen molar-refractivity contribution in [1.82, 2.24) is 5.32 Å². The van der Waals surface area contributed by atoms with Crippen molar-refractivity contribution >= 4 is 35.8 Å². The second kappa shape index (κ2) is 7.04. The van der Waals surface area contributed by atoms with Crippen LogP contribution in [0, 0.1) is 0 Å². The van der Waals surface area contributed by atoms with Crippen LogP contribution in [0.5, 0.6) is 0 Å². The fraction of sp³-hybridized carbons (Fsp3) is 0.611. The number of nitrogens with one attached hydrogen (secondary N) is 1. The topological polar surface area (TPSA) is 32.3 Å². The van der Waals surface area contributed by atoms with Crippen LogP contribution in [-0.4, -0.2) is 36.5 Å². The third-order valence-electron chi connectivity index (χ3n) is 5.51. The van der Waals surface area contributed by atoms with E-state index in [2.05, 4.69) is 34.5 Å². The second-order valence-corrected chi connectivity index (χ2v) is 8.06. The number of carbonyl (C=O) groups excluding carboxylic acids is 1. The van der Waals surface area contributed by atoms with Gasteiger partial charge in [0.15, 0.2) is 0 Å². The van der Waals surface area contributed by atoms with Crippen molar-refractivity contribution < 1.29 is 4.79 Å². The summed E-state index contributed by atoms with van der Waals surface area (Å²) in [5.74, 6) is 2.53. The highest BCUT2D eigenvalue weighted by Gasteiger charge is 2.46. The Balaban J connectivity index is 0.00000156. The lowest BCUT2D eigenvalue weighted by Gasteiger charge is -2.27. The average Bonchev–Trinajstić information content (AvgIpc) is 3.15. The molecule has 1 amide bonds. The van der Waals surface area contributed by atoms with Gasteiger partial charge in [-0.2, -0.15) is 11.8 Å². The Hall–Kier alpha value is -0.710. The van der Waals surface area contributed by atoms with E-state index < -0.39 is 0 Å². The van der Waals surface area contributed by atoms with Crippen LogP contribution in [0.15, 0.2) is 24.3 Å². The molecular formula is C18H25ClN2OS. The summed E-state index contributed by atoms with van der Waals surface area (Å²) in [4.78, 5) is 15.0. The molecule has 1 atom stereocenters. The number of rotatable bonds is 2. The second-order valence-electron chi connectivity index (χ2n) is 6.91. The molecule has 0 aromatic heterocycles. The molecule has 5 heteroatoms. The number of anilines is 1. The van der Waals surface area contributed by atoms with E-state index in [1.807, 2.05) is 11.8 Å². The van der Waals surface area contributed by atoms with Crippen LogP contribution < -0.4 is 10.2 Å². The standard InChI is InChI=1S/C18H24N2OS.ClH/c21-17(11-14-12-22-10-9-19-14)20-13-18(7-3-4-8-18)15-5-1-2-6-16(15)20;/h1-2,5-6,14,19H,3-4,7-13H2;1H. The lowest BCUT2D eigenvalue weighted by molar-refractivity contribution is -0.119. The Morgan fingerprint density at radius 3 is 2.83 bits per heavy atom. The molecule has 126 valence electrons. The van der Waals surface area contributed by atoms with Crippen LogP contribution >= 0.6 is 24.2 Å². The van der Waals surface area contributed by atoms with Crippen molar-refractivity contribution in [3.63, 3.8) is 0 Å². The number of thioether (sulfide) groups is 1. The molecule has 0 radical (unpaired) electrons. The summed E-state index contributed by atoms with van der Waals surface area (Å²) < 4.78 is 0. The van der Waals surface area contributed by atoms with Gasteiger partial charge in [-0.25, -0.2) is 0 Å². The maximum atomic E-state index is 12.9.